The van der Waals surface area contributed by atoms with Crippen LogP contribution in [0.25, 0.3) is 0 Å². The van der Waals surface area contributed by atoms with Crippen molar-refractivity contribution >= 4 is 5.91 Å². The number of rotatable bonds is 10. The predicted molar refractivity (Wildman–Crippen MR) is 84.3 cm³/mol. The lowest BCUT2D eigenvalue weighted by atomic mass is 9.83. The van der Waals surface area contributed by atoms with Crippen LogP contribution in [0.3, 0.4) is 0 Å². The number of hydrogen-bond acceptors (Lipinski definition) is 3. The molecule has 0 radical (unpaired) electrons. The average molecular weight is 293 g/mol. The van der Waals surface area contributed by atoms with Gasteiger partial charge in [0.2, 0.25) is 5.91 Å². The first-order chi connectivity index (χ1) is 10.2. The van der Waals surface area contributed by atoms with Crippen LogP contribution in [0.5, 0.6) is 5.75 Å². The molecule has 4 heteroatoms. The van der Waals surface area contributed by atoms with E-state index in [0.717, 1.165) is 18.6 Å². The zero-order valence-corrected chi connectivity index (χ0v) is 13.1. The van der Waals surface area contributed by atoms with Gasteiger partial charge in [0, 0.05) is 18.4 Å². The Morgan fingerprint density at radius 1 is 1.24 bits per heavy atom. The molecule has 0 unspecified atom stereocenters. The van der Waals surface area contributed by atoms with Gasteiger partial charge in [-0.2, -0.15) is 0 Å². The van der Waals surface area contributed by atoms with E-state index in [4.69, 9.17) is 4.74 Å². The van der Waals surface area contributed by atoms with Crippen LogP contribution in [0.15, 0.2) is 30.3 Å². The van der Waals surface area contributed by atoms with Crippen molar-refractivity contribution in [2.24, 2.45) is 5.41 Å². The molecule has 0 saturated carbocycles. The molecule has 0 aliphatic heterocycles. The molecule has 0 heterocycles. The minimum absolute atomic E-state index is 0.0198. The van der Waals surface area contributed by atoms with Crippen LogP contribution in [0.2, 0.25) is 0 Å². The van der Waals surface area contributed by atoms with E-state index in [2.05, 4.69) is 5.32 Å². The number of benzene rings is 1. The monoisotopic (exact) mass is 293 g/mol. The fourth-order valence-corrected chi connectivity index (χ4v) is 2.09. The van der Waals surface area contributed by atoms with Crippen LogP contribution < -0.4 is 10.1 Å². The zero-order chi connectivity index (χ0) is 15.6. The SMILES string of the molecule is CCC(CC)(CO)CNC(=O)CCCOc1ccccc1. The minimum atomic E-state index is -0.184. The van der Waals surface area contributed by atoms with Crippen molar-refractivity contribution in [3.8, 4) is 5.75 Å². The van der Waals surface area contributed by atoms with Crippen LogP contribution >= 0.6 is 0 Å². The van der Waals surface area contributed by atoms with Crippen LogP contribution in [0, 0.1) is 5.41 Å². The highest BCUT2D eigenvalue weighted by Gasteiger charge is 2.25. The third-order valence-electron chi connectivity index (χ3n) is 4.06. The number of para-hydroxylation sites is 1. The van der Waals surface area contributed by atoms with Gasteiger partial charge in [0.05, 0.1) is 13.2 Å². The van der Waals surface area contributed by atoms with Gasteiger partial charge in [0.15, 0.2) is 0 Å². The van der Waals surface area contributed by atoms with E-state index in [1.54, 1.807) is 0 Å². The first-order valence-electron chi connectivity index (χ1n) is 7.71. The summed E-state index contributed by atoms with van der Waals surface area (Å²) in [5, 5.41) is 12.4. The topological polar surface area (TPSA) is 58.6 Å². The molecule has 4 nitrogen and oxygen atoms in total. The summed E-state index contributed by atoms with van der Waals surface area (Å²) in [5.41, 5.74) is -0.184. The second-order valence-corrected chi connectivity index (χ2v) is 5.41. The second kappa shape index (κ2) is 9.40. The van der Waals surface area contributed by atoms with E-state index >= 15 is 0 Å². The largest absolute Gasteiger partial charge is 0.494 e. The van der Waals surface area contributed by atoms with Crippen molar-refractivity contribution in [2.45, 2.75) is 39.5 Å². The van der Waals surface area contributed by atoms with E-state index in [9.17, 15) is 9.90 Å². The summed E-state index contributed by atoms with van der Waals surface area (Å²) in [6.07, 6.45) is 2.85. The third-order valence-corrected chi connectivity index (χ3v) is 4.06. The number of hydrogen-bond donors (Lipinski definition) is 2. The molecule has 21 heavy (non-hydrogen) atoms. The van der Waals surface area contributed by atoms with Gasteiger partial charge in [-0.1, -0.05) is 32.0 Å². The molecule has 1 aromatic rings. The molecule has 0 saturated heterocycles. The third kappa shape index (κ3) is 6.17. The molecule has 0 aromatic heterocycles. The zero-order valence-electron chi connectivity index (χ0n) is 13.1. The van der Waals surface area contributed by atoms with Crippen molar-refractivity contribution in [1.82, 2.24) is 5.32 Å². The molecular formula is C17H27NO3. The molecule has 0 spiro atoms. The quantitative estimate of drug-likeness (QED) is 0.652. The van der Waals surface area contributed by atoms with Crippen LogP contribution in [-0.4, -0.2) is 30.8 Å². The molecule has 0 aliphatic rings. The van der Waals surface area contributed by atoms with Gasteiger partial charge in [-0.25, -0.2) is 0 Å². The molecular weight excluding hydrogens is 266 g/mol. The van der Waals surface area contributed by atoms with Crippen molar-refractivity contribution in [3.63, 3.8) is 0 Å². The summed E-state index contributed by atoms with van der Waals surface area (Å²) in [7, 11) is 0. The molecule has 0 bridgehead atoms. The lowest BCUT2D eigenvalue weighted by Gasteiger charge is -2.29. The number of aliphatic hydroxyl groups is 1. The molecule has 1 rings (SSSR count). The molecule has 0 fully saturated rings. The molecule has 0 aliphatic carbocycles. The lowest BCUT2D eigenvalue weighted by molar-refractivity contribution is -0.122. The molecule has 2 N–H and O–H groups in total. The van der Waals surface area contributed by atoms with Gasteiger partial charge in [-0.3, -0.25) is 4.79 Å². The standard InChI is InChI=1S/C17H27NO3/c1-3-17(4-2,14-19)13-18-16(20)11-8-12-21-15-9-6-5-7-10-15/h5-7,9-10,19H,3-4,8,11-14H2,1-2H3,(H,18,20). The fourth-order valence-electron chi connectivity index (χ4n) is 2.09. The Kier molecular flexibility index (Phi) is 7.83. The summed E-state index contributed by atoms with van der Waals surface area (Å²) in [6, 6.07) is 9.59. The maximum absolute atomic E-state index is 11.8. The second-order valence-electron chi connectivity index (χ2n) is 5.41. The fraction of sp³-hybridized carbons (Fsp3) is 0.588. The van der Waals surface area contributed by atoms with E-state index in [1.165, 1.54) is 0 Å². The Hall–Kier alpha value is -1.55. The van der Waals surface area contributed by atoms with Crippen molar-refractivity contribution in [3.05, 3.63) is 30.3 Å². The van der Waals surface area contributed by atoms with Crippen molar-refractivity contribution < 1.29 is 14.6 Å². The van der Waals surface area contributed by atoms with Crippen LogP contribution in [0.4, 0.5) is 0 Å². The molecule has 118 valence electrons. The first-order valence-corrected chi connectivity index (χ1v) is 7.71. The number of carbonyl (C=O) groups excluding carboxylic acids is 1. The van der Waals surface area contributed by atoms with E-state index in [-0.39, 0.29) is 17.9 Å². The van der Waals surface area contributed by atoms with Crippen LogP contribution in [-0.2, 0) is 4.79 Å². The minimum Gasteiger partial charge on any atom is -0.494 e. The van der Waals surface area contributed by atoms with Gasteiger partial charge in [0.1, 0.15) is 5.75 Å². The number of amides is 1. The Balaban J connectivity index is 2.19. The predicted octanol–water partition coefficient (Wildman–Crippen LogP) is 2.76. The molecule has 1 aromatic carbocycles. The van der Waals surface area contributed by atoms with Gasteiger partial charge in [-0.15, -0.1) is 0 Å². The van der Waals surface area contributed by atoms with Crippen molar-refractivity contribution in [2.75, 3.05) is 19.8 Å². The summed E-state index contributed by atoms with van der Waals surface area (Å²) in [5.74, 6) is 0.848. The molecule has 0 atom stereocenters. The van der Waals surface area contributed by atoms with Crippen molar-refractivity contribution in [1.29, 1.82) is 0 Å². The van der Waals surface area contributed by atoms with E-state index < -0.39 is 0 Å². The number of aliphatic hydroxyl groups excluding tert-OH is 1. The highest BCUT2D eigenvalue weighted by atomic mass is 16.5. The van der Waals surface area contributed by atoms with Gasteiger partial charge < -0.3 is 15.2 Å². The number of ether oxygens (including phenoxy) is 1. The highest BCUT2D eigenvalue weighted by Crippen LogP contribution is 2.24. The van der Waals surface area contributed by atoms with E-state index in [1.807, 2.05) is 44.2 Å². The smallest absolute Gasteiger partial charge is 0.220 e. The maximum Gasteiger partial charge on any atom is 0.220 e. The maximum atomic E-state index is 11.8. The number of carbonyl (C=O) groups is 1. The summed E-state index contributed by atoms with van der Waals surface area (Å²) in [6.45, 7) is 5.26. The van der Waals surface area contributed by atoms with Crippen LogP contribution in [0.1, 0.15) is 39.5 Å². The first kappa shape index (κ1) is 17.5. The highest BCUT2D eigenvalue weighted by molar-refractivity contribution is 5.75. The normalized spacial score (nSPS) is 11.2. The summed E-state index contributed by atoms with van der Waals surface area (Å²) < 4.78 is 5.55. The Morgan fingerprint density at radius 2 is 1.90 bits per heavy atom. The number of nitrogens with one attached hydrogen (secondary N) is 1. The summed E-state index contributed by atoms with van der Waals surface area (Å²) in [4.78, 5) is 11.8. The average Bonchev–Trinajstić information content (AvgIpc) is 2.54. The lowest BCUT2D eigenvalue weighted by Crippen LogP contribution is -2.39. The van der Waals surface area contributed by atoms with E-state index in [0.29, 0.717) is 26.0 Å². The van der Waals surface area contributed by atoms with Gasteiger partial charge in [0.25, 0.3) is 0 Å². The Bertz CT molecular complexity index is 393. The van der Waals surface area contributed by atoms with Gasteiger partial charge in [-0.05, 0) is 31.4 Å². The Labute approximate surface area is 127 Å². The summed E-state index contributed by atoms with van der Waals surface area (Å²) >= 11 is 0. The molecule has 1 amide bonds. The van der Waals surface area contributed by atoms with Gasteiger partial charge >= 0.3 is 0 Å². The Morgan fingerprint density at radius 3 is 2.48 bits per heavy atom.